The zero-order valence-corrected chi connectivity index (χ0v) is 12.1. The molecular formula is C12H17ClO4S. The van der Waals surface area contributed by atoms with E-state index in [0.717, 1.165) is 12.0 Å². The van der Waals surface area contributed by atoms with Gasteiger partial charge in [-0.1, -0.05) is 0 Å². The van der Waals surface area contributed by atoms with Gasteiger partial charge in [0.2, 0.25) is 0 Å². The minimum Gasteiger partial charge on any atom is -0.493 e. The second kappa shape index (κ2) is 6.97. The van der Waals surface area contributed by atoms with E-state index in [-0.39, 0.29) is 4.90 Å². The molecule has 0 saturated heterocycles. The van der Waals surface area contributed by atoms with Crippen molar-refractivity contribution < 1.29 is 17.9 Å². The van der Waals surface area contributed by atoms with Crippen molar-refractivity contribution in [3.8, 4) is 5.75 Å². The number of hydrogen-bond acceptors (Lipinski definition) is 4. The van der Waals surface area contributed by atoms with Crippen LogP contribution in [-0.4, -0.2) is 28.2 Å². The molecule has 1 aromatic rings. The van der Waals surface area contributed by atoms with Gasteiger partial charge in [-0.25, -0.2) is 8.42 Å². The Morgan fingerprint density at radius 2 is 2.00 bits per heavy atom. The molecule has 0 aliphatic heterocycles. The summed E-state index contributed by atoms with van der Waals surface area (Å²) in [7, 11) is 1.58. The second-order valence-electron chi connectivity index (χ2n) is 3.76. The van der Waals surface area contributed by atoms with Gasteiger partial charge in [0, 0.05) is 30.3 Å². The molecule has 0 spiro atoms. The summed E-state index contributed by atoms with van der Waals surface area (Å²) in [6, 6.07) is 4.55. The van der Waals surface area contributed by atoms with Crippen LogP contribution in [-0.2, 0) is 13.8 Å². The normalized spacial score (nSPS) is 11.5. The van der Waals surface area contributed by atoms with Gasteiger partial charge in [-0.05, 0) is 37.6 Å². The molecule has 1 rings (SSSR count). The van der Waals surface area contributed by atoms with Gasteiger partial charge >= 0.3 is 0 Å². The summed E-state index contributed by atoms with van der Waals surface area (Å²) in [5, 5.41) is 0. The highest BCUT2D eigenvalue weighted by Gasteiger charge is 2.11. The van der Waals surface area contributed by atoms with Crippen molar-refractivity contribution in [2.75, 3.05) is 19.8 Å². The number of benzene rings is 1. The first kappa shape index (κ1) is 15.3. The van der Waals surface area contributed by atoms with Gasteiger partial charge in [0.15, 0.2) is 0 Å². The van der Waals surface area contributed by atoms with Gasteiger partial charge in [0.05, 0.1) is 11.5 Å². The van der Waals surface area contributed by atoms with E-state index in [1.165, 1.54) is 12.1 Å². The van der Waals surface area contributed by atoms with Crippen molar-refractivity contribution in [2.24, 2.45) is 0 Å². The Kier molecular flexibility index (Phi) is 5.91. The highest BCUT2D eigenvalue weighted by molar-refractivity contribution is 8.13. The summed E-state index contributed by atoms with van der Waals surface area (Å²) in [4.78, 5) is 0.0864. The molecular weight excluding hydrogens is 276 g/mol. The quantitative estimate of drug-likeness (QED) is 0.573. The van der Waals surface area contributed by atoms with Crippen molar-refractivity contribution in [3.63, 3.8) is 0 Å². The molecule has 0 saturated carbocycles. The fourth-order valence-corrected chi connectivity index (χ4v) is 2.26. The molecule has 0 amide bonds. The van der Waals surface area contributed by atoms with Crippen molar-refractivity contribution in [1.29, 1.82) is 0 Å². The lowest BCUT2D eigenvalue weighted by atomic mass is 10.2. The molecule has 0 aliphatic carbocycles. The molecule has 102 valence electrons. The second-order valence-corrected chi connectivity index (χ2v) is 6.33. The van der Waals surface area contributed by atoms with Crippen molar-refractivity contribution in [3.05, 3.63) is 23.8 Å². The predicted octanol–water partition coefficient (Wildman–Crippen LogP) is 2.73. The van der Waals surface area contributed by atoms with Crippen LogP contribution >= 0.6 is 10.7 Å². The zero-order chi connectivity index (χ0) is 13.6. The third-order valence-electron chi connectivity index (χ3n) is 2.32. The Morgan fingerprint density at radius 1 is 1.28 bits per heavy atom. The average molecular weight is 293 g/mol. The van der Waals surface area contributed by atoms with Crippen molar-refractivity contribution in [2.45, 2.75) is 25.2 Å². The minimum absolute atomic E-state index is 0.0864. The molecule has 18 heavy (non-hydrogen) atoms. The van der Waals surface area contributed by atoms with Crippen LogP contribution in [0.1, 0.15) is 18.9 Å². The highest BCUT2D eigenvalue weighted by Crippen LogP contribution is 2.23. The van der Waals surface area contributed by atoms with E-state index in [0.29, 0.717) is 25.6 Å². The maximum absolute atomic E-state index is 11.1. The van der Waals surface area contributed by atoms with Crippen LogP contribution < -0.4 is 4.74 Å². The van der Waals surface area contributed by atoms with E-state index in [1.807, 2.05) is 6.92 Å². The monoisotopic (exact) mass is 292 g/mol. The predicted molar refractivity (Wildman–Crippen MR) is 70.8 cm³/mol. The largest absolute Gasteiger partial charge is 0.493 e. The lowest BCUT2D eigenvalue weighted by Gasteiger charge is -2.09. The third-order valence-corrected chi connectivity index (χ3v) is 3.67. The van der Waals surface area contributed by atoms with E-state index < -0.39 is 9.05 Å². The Morgan fingerprint density at radius 3 is 2.56 bits per heavy atom. The summed E-state index contributed by atoms with van der Waals surface area (Å²) in [5.74, 6) is 0.663. The molecule has 0 aromatic heterocycles. The maximum Gasteiger partial charge on any atom is 0.261 e. The smallest absolute Gasteiger partial charge is 0.261 e. The van der Waals surface area contributed by atoms with Crippen molar-refractivity contribution in [1.82, 2.24) is 0 Å². The first-order chi connectivity index (χ1) is 8.45. The number of halogens is 1. The number of rotatable bonds is 7. The molecule has 0 atom stereocenters. The molecule has 0 heterocycles. The van der Waals surface area contributed by atoms with Crippen LogP contribution in [0.25, 0.3) is 0 Å². The Labute approximate surface area is 112 Å². The van der Waals surface area contributed by atoms with Gasteiger partial charge in [0.1, 0.15) is 5.75 Å². The lowest BCUT2D eigenvalue weighted by Crippen LogP contribution is -2.04. The maximum atomic E-state index is 11.1. The van der Waals surface area contributed by atoms with Gasteiger partial charge in [-0.2, -0.15) is 0 Å². The summed E-state index contributed by atoms with van der Waals surface area (Å²) in [6.45, 7) is 5.61. The molecule has 0 radical (unpaired) electrons. The summed E-state index contributed by atoms with van der Waals surface area (Å²) < 4.78 is 33.0. The van der Waals surface area contributed by atoms with Gasteiger partial charge in [0.25, 0.3) is 9.05 Å². The molecule has 0 unspecified atom stereocenters. The molecule has 0 fully saturated rings. The van der Waals surface area contributed by atoms with E-state index in [4.69, 9.17) is 20.2 Å². The fourth-order valence-electron chi connectivity index (χ4n) is 1.42. The number of ether oxygens (including phenoxy) is 2. The van der Waals surface area contributed by atoms with E-state index in [9.17, 15) is 8.42 Å². The third kappa shape index (κ3) is 4.84. The first-order valence-corrected chi connectivity index (χ1v) is 8.02. The first-order valence-electron chi connectivity index (χ1n) is 5.71. The molecule has 0 N–H and O–H groups in total. The van der Waals surface area contributed by atoms with Crippen molar-refractivity contribution >= 4 is 19.7 Å². The Balaban J connectivity index is 2.58. The zero-order valence-electron chi connectivity index (χ0n) is 10.5. The van der Waals surface area contributed by atoms with Crippen LogP contribution in [0.2, 0.25) is 0 Å². The van der Waals surface area contributed by atoms with E-state index in [1.54, 1.807) is 13.0 Å². The van der Waals surface area contributed by atoms with Crippen LogP contribution in [0.5, 0.6) is 5.75 Å². The molecule has 6 heteroatoms. The van der Waals surface area contributed by atoms with E-state index >= 15 is 0 Å². The van der Waals surface area contributed by atoms with Gasteiger partial charge in [-0.3, -0.25) is 0 Å². The Hall–Kier alpha value is -0.780. The summed E-state index contributed by atoms with van der Waals surface area (Å²) in [6.07, 6.45) is 0.794. The molecule has 4 nitrogen and oxygen atoms in total. The summed E-state index contributed by atoms with van der Waals surface area (Å²) in [5.41, 5.74) is 0.744. The SMILES string of the molecule is CCOCCCOc1ccc(S(=O)(=O)Cl)cc1C. The average Bonchev–Trinajstić information content (AvgIpc) is 2.29. The van der Waals surface area contributed by atoms with E-state index in [2.05, 4.69) is 0 Å². The molecule has 0 bridgehead atoms. The Bertz CT molecular complexity index is 485. The molecule has 1 aromatic carbocycles. The number of aryl methyl sites for hydroxylation is 1. The highest BCUT2D eigenvalue weighted by atomic mass is 35.7. The van der Waals surface area contributed by atoms with Crippen LogP contribution in [0, 0.1) is 6.92 Å². The number of hydrogen-bond donors (Lipinski definition) is 0. The fraction of sp³-hybridized carbons (Fsp3) is 0.500. The van der Waals surface area contributed by atoms with Crippen LogP contribution in [0.4, 0.5) is 0 Å². The minimum atomic E-state index is -3.68. The summed E-state index contributed by atoms with van der Waals surface area (Å²) >= 11 is 0. The standard InChI is InChI=1S/C12H17ClO4S/c1-3-16-7-4-8-17-12-6-5-11(9-10(12)2)18(13,14)15/h5-6,9H,3-4,7-8H2,1-2H3. The van der Waals surface area contributed by atoms with Gasteiger partial charge < -0.3 is 9.47 Å². The van der Waals surface area contributed by atoms with Gasteiger partial charge in [-0.15, -0.1) is 0 Å². The van der Waals surface area contributed by atoms with Crippen LogP contribution in [0.15, 0.2) is 23.1 Å². The van der Waals surface area contributed by atoms with Crippen LogP contribution in [0.3, 0.4) is 0 Å². The molecule has 0 aliphatic rings. The topological polar surface area (TPSA) is 52.6 Å². The lowest BCUT2D eigenvalue weighted by molar-refractivity contribution is 0.130.